The predicted octanol–water partition coefficient (Wildman–Crippen LogP) is -0.202. The summed E-state index contributed by atoms with van der Waals surface area (Å²) in [6, 6.07) is -0.492. The van der Waals surface area contributed by atoms with Crippen LogP contribution in [0.3, 0.4) is 0 Å². The standard InChI is InChI=1S/C12H20N4O4/c1-12(20,10(17)18)8-15-11(19)14-4-2-3-6-16-7-5-13-9-16/h5,7,9,20H,2-4,6,8H2,1H3,(H,17,18)(H2,14,15,19). The number of carboxylic acids is 1. The molecule has 0 fully saturated rings. The number of amides is 2. The first-order chi connectivity index (χ1) is 9.42. The van der Waals surface area contributed by atoms with Crippen molar-refractivity contribution in [2.45, 2.75) is 31.9 Å². The summed E-state index contributed by atoms with van der Waals surface area (Å²) >= 11 is 0. The highest BCUT2D eigenvalue weighted by Gasteiger charge is 2.30. The fourth-order valence-corrected chi connectivity index (χ4v) is 1.43. The van der Waals surface area contributed by atoms with Crippen LogP contribution in [0.2, 0.25) is 0 Å². The molecular weight excluding hydrogens is 264 g/mol. The lowest BCUT2D eigenvalue weighted by Crippen LogP contribution is -2.49. The molecule has 0 bridgehead atoms. The number of rotatable bonds is 8. The summed E-state index contributed by atoms with van der Waals surface area (Å²) in [7, 11) is 0. The Labute approximate surface area is 116 Å². The average Bonchev–Trinajstić information content (AvgIpc) is 2.89. The van der Waals surface area contributed by atoms with Crippen molar-refractivity contribution < 1.29 is 19.8 Å². The quantitative estimate of drug-likeness (QED) is 0.493. The van der Waals surface area contributed by atoms with Gasteiger partial charge in [0.25, 0.3) is 0 Å². The van der Waals surface area contributed by atoms with Crippen molar-refractivity contribution in [2.75, 3.05) is 13.1 Å². The van der Waals surface area contributed by atoms with Gasteiger partial charge in [-0.15, -0.1) is 0 Å². The maximum atomic E-state index is 11.4. The molecule has 1 aromatic rings. The summed E-state index contributed by atoms with van der Waals surface area (Å²) in [6.45, 7) is 2.09. The number of imidazole rings is 1. The van der Waals surface area contributed by atoms with Gasteiger partial charge < -0.3 is 25.4 Å². The van der Waals surface area contributed by atoms with Crippen LogP contribution in [0, 0.1) is 0 Å². The lowest BCUT2D eigenvalue weighted by atomic mass is 10.1. The summed E-state index contributed by atoms with van der Waals surface area (Å²) in [4.78, 5) is 25.9. The van der Waals surface area contributed by atoms with Crippen LogP contribution in [0.25, 0.3) is 0 Å². The van der Waals surface area contributed by atoms with Gasteiger partial charge in [-0.3, -0.25) is 0 Å². The summed E-state index contributed by atoms with van der Waals surface area (Å²) in [5, 5.41) is 23.0. The third-order valence-corrected chi connectivity index (χ3v) is 2.74. The van der Waals surface area contributed by atoms with E-state index in [2.05, 4.69) is 15.6 Å². The number of unbranched alkanes of at least 4 members (excludes halogenated alkanes) is 1. The van der Waals surface area contributed by atoms with Crippen LogP contribution in [0.1, 0.15) is 19.8 Å². The average molecular weight is 284 g/mol. The van der Waals surface area contributed by atoms with E-state index < -0.39 is 17.6 Å². The number of carbonyl (C=O) groups excluding carboxylic acids is 1. The topological polar surface area (TPSA) is 116 Å². The number of nitrogens with zero attached hydrogens (tertiary/aromatic N) is 2. The van der Waals surface area contributed by atoms with Gasteiger partial charge in [0.1, 0.15) is 0 Å². The summed E-state index contributed by atoms with van der Waals surface area (Å²) in [6.07, 6.45) is 6.99. The number of carbonyl (C=O) groups is 2. The van der Waals surface area contributed by atoms with E-state index in [1.807, 2.05) is 10.8 Å². The van der Waals surface area contributed by atoms with Gasteiger partial charge in [-0.2, -0.15) is 0 Å². The lowest BCUT2D eigenvalue weighted by molar-refractivity contribution is -0.155. The molecule has 0 aliphatic rings. The predicted molar refractivity (Wildman–Crippen MR) is 71.1 cm³/mol. The van der Waals surface area contributed by atoms with E-state index in [9.17, 15) is 14.7 Å². The normalized spacial score (nSPS) is 13.5. The first-order valence-electron chi connectivity index (χ1n) is 6.35. The Hall–Kier alpha value is -2.09. The molecule has 1 unspecified atom stereocenters. The summed E-state index contributed by atoms with van der Waals surface area (Å²) < 4.78 is 1.95. The first kappa shape index (κ1) is 16.0. The molecule has 20 heavy (non-hydrogen) atoms. The van der Waals surface area contributed by atoms with Crippen LogP contribution < -0.4 is 10.6 Å². The number of aryl methyl sites for hydroxylation is 1. The molecule has 0 aromatic carbocycles. The van der Waals surface area contributed by atoms with E-state index in [1.54, 1.807) is 12.5 Å². The van der Waals surface area contributed by atoms with E-state index in [0.29, 0.717) is 6.54 Å². The van der Waals surface area contributed by atoms with Crippen molar-refractivity contribution in [3.63, 3.8) is 0 Å². The smallest absolute Gasteiger partial charge is 0.337 e. The number of aromatic nitrogens is 2. The number of aliphatic carboxylic acids is 1. The van der Waals surface area contributed by atoms with Gasteiger partial charge in [-0.05, 0) is 19.8 Å². The zero-order valence-corrected chi connectivity index (χ0v) is 11.4. The van der Waals surface area contributed by atoms with Gasteiger partial charge in [0.2, 0.25) is 0 Å². The second-order valence-electron chi connectivity index (χ2n) is 4.70. The van der Waals surface area contributed by atoms with E-state index in [-0.39, 0.29) is 6.54 Å². The molecule has 0 radical (unpaired) electrons. The number of hydrogen-bond donors (Lipinski definition) is 4. The molecule has 0 aliphatic carbocycles. The van der Waals surface area contributed by atoms with E-state index in [0.717, 1.165) is 26.3 Å². The fraction of sp³-hybridized carbons (Fsp3) is 0.583. The molecule has 8 nitrogen and oxygen atoms in total. The maximum absolute atomic E-state index is 11.4. The molecule has 0 saturated heterocycles. The molecular formula is C12H20N4O4. The molecule has 1 rings (SSSR count). The second-order valence-corrected chi connectivity index (χ2v) is 4.70. The van der Waals surface area contributed by atoms with Crippen molar-refractivity contribution in [3.8, 4) is 0 Å². The van der Waals surface area contributed by atoms with Gasteiger partial charge in [0, 0.05) is 25.5 Å². The minimum Gasteiger partial charge on any atom is -0.479 e. The Morgan fingerprint density at radius 3 is 2.70 bits per heavy atom. The molecule has 2 amide bonds. The van der Waals surface area contributed by atoms with Crippen LogP contribution in [-0.2, 0) is 11.3 Å². The monoisotopic (exact) mass is 284 g/mol. The molecule has 1 aromatic heterocycles. The molecule has 0 saturated carbocycles. The van der Waals surface area contributed by atoms with E-state index >= 15 is 0 Å². The lowest BCUT2D eigenvalue weighted by Gasteiger charge is -2.18. The number of urea groups is 1. The third-order valence-electron chi connectivity index (χ3n) is 2.74. The van der Waals surface area contributed by atoms with Crippen molar-refractivity contribution in [3.05, 3.63) is 18.7 Å². The van der Waals surface area contributed by atoms with Crippen molar-refractivity contribution in [2.24, 2.45) is 0 Å². The van der Waals surface area contributed by atoms with Gasteiger partial charge >= 0.3 is 12.0 Å². The van der Waals surface area contributed by atoms with Crippen LogP contribution in [0.4, 0.5) is 4.79 Å². The Bertz CT molecular complexity index is 431. The molecule has 0 spiro atoms. The maximum Gasteiger partial charge on any atom is 0.337 e. The van der Waals surface area contributed by atoms with Gasteiger partial charge in [0.05, 0.1) is 12.9 Å². The fourth-order valence-electron chi connectivity index (χ4n) is 1.43. The number of carboxylic acid groups (broad SMARTS) is 1. The number of nitrogens with one attached hydrogen (secondary N) is 2. The largest absolute Gasteiger partial charge is 0.479 e. The highest BCUT2D eigenvalue weighted by atomic mass is 16.4. The summed E-state index contributed by atoms with van der Waals surface area (Å²) in [5.74, 6) is -1.38. The Balaban J connectivity index is 2.07. The highest BCUT2D eigenvalue weighted by molar-refractivity contribution is 5.79. The highest BCUT2D eigenvalue weighted by Crippen LogP contribution is 2.00. The van der Waals surface area contributed by atoms with E-state index in [4.69, 9.17) is 5.11 Å². The molecule has 1 atom stereocenters. The minimum atomic E-state index is -1.96. The van der Waals surface area contributed by atoms with Crippen molar-refractivity contribution in [1.82, 2.24) is 20.2 Å². The first-order valence-corrected chi connectivity index (χ1v) is 6.35. The third kappa shape index (κ3) is 5.70. The van der Waals surface area contributed by atoms with Crippen LogP contribution in [-0.4, -0.2) is 50.5 Å². The molecule has 8 heteroatoms. The van der Waals surface area contributed by atoms with Gasteiger partial charge in [0.15, 0.2) is 5.60 Å². The number of aliphatic hydroxyl groups is 1. The van der Waals surface area contributed by atoms with Crippen LogP contribution in [0.5, 0.6) is 0 Å². The van der Waals surface area contributed by atoms with E-state index in [1.165, 1.54) is 0 Å². The van der Waals surface area contributed by atoms with Gasteiger partial charge in [-0.1, -0.05) is 0 Å². The minimum absolute atomic E-state index is 0.344. The molecule has 1 heterocycles. The Morgan fingerprint density at radius 1 is 1.35 bits per heavy atom. The van der Waals surface area contributed by atoms with Crippen molar-refractivity contribution in [1.29, 1.82) is 0 Å². The molecule has 112 valence electrons. The van der Waals surface area contributed by atoms with Crippen LogP contribution >= 0.6 is 0 Å². The Morgan fingerprint density at radius 2 is 2.10 bits per heavy atom. The van der Waals surface area contributed by atoms with Crippen molar-refractivity contribution >= 4 is 12.0 Å². The van der Waals surface area contributed by atoms with Gasteiger partial charge in [-0.25, -0.2) is 14.6 Å². The second kappa shape index (κ2) is 7.49. The molecule has 4 N–H and O–H groups in total. The summed E-state index contributed by atoms with van der Waals surface area (Å²) in [5.41, 5.74) is -1.96. The zero-order valence-electron chi connectivity index (χ0n) is 11.4. The number of hydrogen-bond acceptors (Lipinski definition) is 4. The molecule has 0 aliphatic heterocycles. The Kier molecular flexibility index (Phi) is 5.98. The SMILES string of the molecule is CC(O)(CNC(=O)NCCCCn1ccnc1)C(=O)O. The van der Waals surface area contributed by atoms with Crippen LogP contribution in [0.15, 0.2) is 18.7 Å². The zero-order chi connectivity index (χ0) is 15.0.